The molecule has 0 radical (unpaired) electrons. The van der Waals surface area contributed by atoms with Gasteiger partial charge in [-0.05, 0) is 6.42 Å². The van der Waals surface area contributed by atoms with Crippen LogP contribution in [0.3, 0.4) is 0 Å². The van der Waals surface area contributed by atoms with Crippen molar-refractivity contribution < 1.29 is 10.2 Å². The van der Waals surface area contributed by atoms with Crippen LogP contribution in [0.2, 0.25) is 0 Å². The van der Waals surface area contributed by atoms with Crippen molar-refractivity contribution in [2.24, 2.45) is 5.92 Å². The second-order valence-corrected chi connectivity index (χ2v) is 4.51. The van der Waals surface area contributed by atoms with Gasteiger partial charge in [0.25, 0.3) is 5.56 Å². The number of aliphatic hydroxyl groups is 2. The lowest BCUT2D eigenvalue weighted by Crippen LogP contribution is -2.45. The Hall–Kier alpha value is -1.93. The second kappa shape index (κ2) is 3.79. The topological polar surface area (TPSA) is 130 Å². The number of anilines is 1. The van der Waals surface area contributed by atoms with E-state index in [1.165, 1.54) is 6.33 Å². The first-order valence-corrected chi connectivity index (χ1v) is 5.63. The van der Waals surface area contributed by atoms with Crippen LogP contribution < -0.4 is 11.3 Å². The monoisotopic (exact) mass is 251 g/mol. The summed E-state index contributed by atoms with van der Waals surface area (Å²) in [6.45, 7) is -0.0636. The lowest BCUT2D eigenvalue weighted by molar-refractivity contribution is -0.0549. The summed E-state index contributed by atoms with van der Waals surface area (Å²) >= 11 is 0. The fraction of sp³-hybridized carbons (Fsp3) is 0.500. The number of fused-ring (bicyclic) bond motifs is 1. The van der Waals surface area contributed by atoms with Crippen LogP contribution in [0, 0.1) is 5.92 Å². The first kappa shape index (κ1) is 11.2. The number of hydrogen-bond donors (Lipinski definition) is 4. The average molecular weight is 251 g/mol. The van der Waals surface area contributed by atoms with Crippen molar-refractivity contribution in [1.82, 2.24) is 19.5 Å². The van der Waals surface area contributed by atoms with Gasteiger partial charge in [0.1, 0.15) is 0 Å². The molecule has 1 saturated carbocycles. The molecule has 3 rings (SSSR count). The molecule has 0 aliphatic heterocycles. The molecule has 18 heavy (non-hydrogen) atoms. The van der Waals surface area contributed by atoms with Crippen molar-refractivity contribution in [3.05, 3.63) is 16.7 Å². The van der Waals surface area contributed by atoms with Crippen molar-refractivity contribution in [2.75, 3.05) is 12.3 Å². The van der Waals surface area contributed by atoms with Crippen molar-refractivity contribution in [1.29, 1.82) is 0 Å². The molecule has 0 saturated heterocycles. The zero-order valence-electron chi connectivity index (χ0n) is 9.45. The maximum atomic E-state index is 11.8. The predicted molar refractivity (Wildman–Crippen MR) is 62.8 cm³/mol. The summed E-state index contributed by atoms with van der Waals surface area (Å²) in [4.78, 5) is 22.1. The molecular formula is C10H13N5O3. The molecule has 2 heterocycles. The summed E-state index contributed by atoms with van der Waals surface area (Å²) in [5.41, 5.74) is 5.61. The first-order chi connectivity index (χ1) is 8.61. The molecule has 1 aliphatic carbocycles. The zero-order chi connectivity index (χ0) is 12.9. The van der Waals surface area contributed by atoms with Gasteiger partial charge in [0, 0.05) is 12.5 Å². The molecule has 0 bridgehead atoms. The van der Waals surface area contributed by atoms with Crippen LogP contribution in [0.15, 0.2) is 11.1 Å². The number of H-pyrrole nitrogens is 1. The third kappa shape index (κ3) is 1.42. The van der Waals surface area contributed by atoms with Crippen LogP contribution in [0.4, 0.5) is 5.95 Å². The third-order valence-electron chi connectivity index (χ3n) is 3.47. The molecule has 5 N–H and O–H groups in total. The molecular weight excluding hydrogens is 238 g/mol. The minimum atomic E-state index is -0.677. The molecule has 8 heteroatoms. The molecule has 2 aromatic rings. The molecule has 0 unspecified atom stereocenters. The molecule has 3 atom stereocenters. The van der Waals surface area contributed by atoms with E-state index in [0.29, 0.717) is 11.9 Å². The summed E-state index contributed by atoms with van der Waals surface area (Å²) in [6.07, 6.45) is 1.39. The Bertz CT molecular complexity index is 648. The Morgan fingerprint density at radius 2 is 2.39 bits per heavy atom. The Kier molecular flexibility index (Phi) is 2.35. The van der Waals surface area contributed by atoms with Crippen LogP contribution >= 0.6 is 0 Å². The van der Waals surface area contributed by atoms with Gasteiger partial charge in [0.15, 0.2) is 11.2 Å². The lowest BCUT2D eigenvalue weighted by Gasteiger charge is -2.40. The molecule has 8 nitrogen and oxygen atoms in total. The number of aromatic amines is 1. The minimum Gasteiger partial charge on any atom is -0.396 e. The highest BCUT2D eigenvalue weighted by molar-refractivity contribution is 5.70. The number of nitrogens with one attached hydrogen (secondary N) is 1. The second-order valence-electron chi connectivity index (χ2n) is 4.51. The van der Waals surface area contributed by atoms with Gasteiger partial charge in [-0.15, -0.1) is 0 Å². The van der Waals surface area contributed by atoms with Crippen molar-refractivity contribution in [3.8, 4) is 0 Å². The molecule has 0 amide bonds. The van der Waals surface area contributed by atoms with E-state index < -0.39 is 6.10 Å². The number of nitrogens with zero attached hydrogens (tertiary/aromatic N) is 3. The van der Waals surface area contributed by atoms with E-state index in [-0.39, 0.29) is 35.7 Å². The molecule has 96 valence electrons. The summed E-state index contributed by atoms with van der Waals surface area (Å²) < 4.78 is 1.59. The highest BCUT2D eigenvalue weighted by Gasteiger charge is 2.41. The van der Waals surface area contributed by atoms with E-state index in [1.54, 1.807) is 4.57 Å². The van der Waals surface area contributed by atoms with Crippen LogP contribution in [0.1, 0.15) is 12.5 Å². The summed E-state index contributed by atoms with van der Waals surface area (Å²) in [5, 5.41) is 18.9. The number of nitrogens with two attached hydrogens (primary N) is 1. The predicted octanol–water partition coefficient (Wildman–Crippen LogP) is -1.38. The highest BCUT2D eigenvalue weighted by Crippen LogP contribution is 2.38. The van der Waals surface area contributed by atoms with Crippen molar-refractivity contribution >= 4 is 17.1 Å². The van der Waals surface area contributed by atoms with Crippen molar-refractivity contribution in [3.63, 3.8) is 0 Å². The molecule has 0 spiro atoms. The van der Waals surface area contributed by atoms with Crippen LogP contribution in [0.25, 0.3) is 11.2 Å². The van der Waals surface area contributed by atoms with Gasteiger partial charge >= 0.3 is 0 Å². The number of hydrogen-bond acceptors (Lipinski definition) is 6. The maximum Gasteiger partial charge on any atom is 0.278 e. The largest absolute Gasteiger partial charge is 0.396 e. The van der Waals surface area contributed by atoms with Gasteiger partial charge in [-0.3, -0.25) is 9.78 Å². The van der Waals surface area contributed by atoms with Gasteiger partial charge in [-0.1, -0.05) is 0 Å². The SMILES string of the molecule is Nc1nc2ncn([C@@H]3C[C@H](CO)[C@H]3O)c2c(=O)[nH]1. The van der Waals surface area contributed by atoms with Gasteiger partial charge in [0.05, 0.1) is 18.5 Å². The molecule has 1 aliphatic rings. The van der Waals surface area contributed by atoms with Crippen LogP contribution in [-0.4, -0.2) is 42.4 Å². The third-order valence-corrected chi connectivity index (χ3v) is 3.47. The van der Waals surface area contributed by atoms with Crippen molar-refractivity contribution in [2.45, 2.75) is 18.6 Å². The average Bonchev–Trinajstić information content (AvgIpc) is 2.71. The van der Waals surface area contributed by atoms with Gasteiger partial charge in [-0.25, -0.2) is 4.98 Å². The van der Waals surface area contributed by atoms with E-state index in [0.717, 1.165) is 0 Å². The first-order valence-electron chi connectivity index (χ1n) is 5.63. The minimum absolute atomic E-state index is 0.0140. The number of imidazole rings is 1. The number of aliphatic hydroxyl groups excluding tert-OH is 2. The van der Waals surface area contributed by atoms with Gasteiger partial charge in [0.2, 0.25) is 5.95 Å². The standard InChI is InChI=1S/C10H13N5O3/c11-10-13-8-6(9(18)14-10)15(3-12-8)5-1-4(2-16)7(5)17/h3-5,7,16-17H,1-2H2,(H3,11,13,14,18)/t4-,5-,7-/m1/s1. The molecule has 0 aromatic carbocycles. The van der Waals surface area contributed by atoms with E-state index in [2.05, 4.69) is 15.0 Å². The Balaban J connectivity index is 2.07. The smallest absolute Gasteiger partial charge is 0.278 e. The fourth-order valence-corrected chi connectivity index (χ4v) is 2.39. The fourth-order valence-electron chi connectivity index (χ4n) is 2.39. The number of nitrogen functional groups attached to an aromatic ring is 1. The number of aromatic nitrogens is 4. The Morgan fingerprint density at radius 3 is 3.06 bits per heavy atom. The van der Waals surface area contributed by atoms with Crippen LogP contribution in [0.5, 0.6) is 0 Å². The van der Waals surface area contributed by atoms with E-state index in [1.807, 2.05) is 0 Å². The quantitative estimate of drug-likeness (QED) is 0.520. The normalized spacial score (nSPS) is 27.3. The van der Waals surface area contributed by atoms with Gasteiger partial charge < -0.3 is 20.5 Å². The maximum absolute atomic E-state index is 11.8. The Labute approximate surface area is 101 Å². The zero-order valence-corrected chi connectivity index (χ0v) is 9.45. The number of rotatable bonds is 2. The lowest BCUT2D eigenvalue weighted by atomic mass is 9.77. The highest BCUT2D eigenvalue weighted by atomic mass is 16.3. The Morgan fingerprint density at radius 1 is 1.61 bits per heavy atom. The molecule has 2 aromatic heterocycles. The van der Waals surface area contributed by atoms with E-state index >= 15 is 0 Å². The summed E-state index contributed by atoms with van der Waals surface area (Å²) in [5.74, 6) is -0.131. The van der Waals surface area contributed by atoms with Gasteiger partial charge in [-0.2, -0.15) is 4.98 Å². The van der Waals surface area contributed by atoms with Crippen LogP contribution in [-0.2, 0) is 0 Å². The van der Waals surface area contributed by atoms with E-state index in [9.17, 15) is 9.90 Å². The van der Waals surface area contributed by atoms with E-state index in [4.69, 9.17) is 10.8 Å². The molecule has 1 fully saturated rings. The summed E-state index contributed by atoms with van der Waals surface area (Å²) in [6, 6.07) is -0.251. The summed E-state index contributed by atoms with van der Waals surface area (Å²) in [7, 11) is 0.